The van der Waals surface area contributed by atoms with E-state index >= 15 is 0 Å². The molecule has 1 atom stereocenters. The van der Waals surface area contributed by atoms with E-state index in [1.165, 1.54) is 105 Å². The maximum atomic E-state index is 4.71. The first kappa shape index (κ1) is 42.1. The lowest BCUT2D eigenvalue weighted by Gasteiger charge is -2.36. The Bertz CT molecular complexity index is 1750. The molecule has 1 aromatic heterocycles. The Balaban J connectivity index is 0.884. The van der Waals surface area contributed by atoms with Crippen molar-refractivity contribution in [3.63, 3.8) is 0 Å². The summed E-state index contributed by atoms with van der Waals surface area (Å²) in [5.41, 5.74) is 10.1. The fourth-order valence-electron chi connectivity index (χ4n) is 8.26. The van der Waals surface area contributed by atoms with Crippen LogP contribution in [0.3, 0.4) is 0 Å². The standard InChI is InChI=1S/C51H70N4/c1-8-43-23-26-48(40-44(43)9-2)55-38-36-54(37-39-55)35-19-17-15-13-11-10-12-14-16-18-20-42-21-24-45(25-22-42)50(5,6)46-27-31-51(7,32-28-46)33-29-47-30-34-52-49(53-47)41(3)4/h8-9,21-28,30-31,34,40H,1-3,10-20,29,32-33,35-39H2,4-7H3. The first-order chi connectivity index (χ1) is 26.6. The molecule has 294 valence electrons. The second kappa shape index (κ2) is 20.8. The molecule has 4 heteroatoms. The Morgan fingerprint density at radius 1 is 0.800 bits per heavy atom. The number of nitrogens with zero attached hydrogens (tertiary/aromatic N) is 4. The second-order valence-electron chi connectivity index (χ2n) is 17.2. The number of rotatable bonds is 22. The van der Waals surface area contributed by atoms with Crippen molar-refractivity contribution in [3.05, 3.63) is 132 Å². The van der Waals surface area contributed by atoms with Crippen LogP contribution in [0.1, 0.15) is 139 Å². The number of aromatic nitrogens is 2. The molecule has 1 fully saturated rings. The van der Waals surface area contributed by atoms with Gasteiger partial charge in [0.05, 0.1) is 0 Å². The van der Waals surface area contributed by atoms with E-state index in [1.54, 1.807) is 0 Å². The SMILES string of the molecule is C=Cc1ccc(N2CCN(CCCCCCCCCCCCc3ccc(C(C)(C)C4=CCC(C)(CCc5ccnc(C(=C)C)n5)C=C4)cc3)CC2)cc1C=C. The summed E-state index contributed by atoms with van der Waals surface area (Å²) in [6, 6.07) is 18.2. The highest BCUT2D eigenvalue weighted by molar-refractivity contribution is 5.68. The van der Waals surface area contributed by atoms with E-state index in [4.69, 9.17) is 4.98 Å². The summed E-state index contributed by atoms with van der Waals surface area (Å²) in [6.07, 6.45) is 31.0. The molecular weight excluding hydrogens is 669 g/mol. The molecule has 5 rings (SSSR count). The van der Waals surface area contributed by atoms with Crippen molar-refractivity contribution in [2.45, 2.75) is 123 Å². The van der Waals surface area contributed by atoms with Crippen LogP contribution in [-0.4, -0.2) is 47.6 Å². The summed E-state index contributed by atoms with van der Waals surface area (Å²) in [7, 11) is 0. The van der Waals surface area contributed by atoms with Crippen molar-refractivity contribution in [2.75, 3.05) is 37.6 Å². The quantitative estimate of drug-likeness (QED) is 0.0961. The fourth-order valence-corrected chi connectivity index (χ4v) is 8.26. The molecule has 0 spiro atoms. The van der Waals surface area contributed by atoms with Gasteiger partial charge in [-0.3, -0.25) is 4.90 Å². The molecule has 2 aliphatic rings. The molecule has 1 unspecified atom stereocenters. The van der Waals surface area contributed by atoms with E-state index in [0.717, 1.165) is 68.1 Å². The molecule has 2 aromatic carbocycles. The van der Waals surface area contributed by atoms with Crippen LogP contribution in [0.25, 0.3) is 17.7 Å². The van der Waals surface area contributed by atoms with Crippen molar-refractivity contribution in [2.24, 2.45) is 5.41 Å². The molecule has 2 heterocycles. The van der Waals surface area contributed by atoms with Gasteiger partial charge in [-0.2, -0.15) is 0 Å². The van der Waals surface area contributed by atoms with Crippen LogP contribution in [-0.2, 0) is 18.3 Å². The number of aryl methyl sites for hydroxylation is 2. The molecule has 3 aromatic rings. The molecule has 0 saturated carbocycles. The normalized spacial score (nSPS) is 17.6. The van der Waals surface area contributed by atoms with Crippen LogP contribution in [0.4, 0.5) is 5.69 Å². The van der Waals surface area contributed by atoms with Crippen molar-refractivity contribution >= 4 is 23.4 Å². The zero-order valence-corrected chi connectivity index (χ0v) is 34.9. The molecule has 1 saturated heterocycles. The van der Waals surface area contributed by atoms with E-state index in [1.807, 2.05) is 31.3 Å². The lowest BCUT2D eigenvalue weighted by Crippen LogP contribution is -2.46. The zero-order valence-electron chi connectivity index (χ0n) is 34.9. The zero-order chi connectivity index (χ0) is 39.1. The average Bonchev–Trinajstić information content (AvgIpc) is 3.21. The summed E-state index contributed by atoms with van der Waals surface area (Å²) < 4.78 is 0. The molecule has 0 N–H and O–H groups in total. The summed E-state index contributed by atoms with van der Waals surface area (Å²) >= 11 is 0. The summed E-state index contributed by atoms with van der Waals surface area (Å²) in [4.78, 5) is 14.2. The van der Waals surface area contributed by atoms with Crippen molar-refractivity contribution in [1.29, 1.82) is 0 Å². The highest BCUT2D eigenvalue weighted by Crippen LogP contribution is 2.40. The monoisotopic (exact) mass is 739 g/mol. The van der Waals surface area contributed by atoms with Crippen LogP contribution in [0.2, 0.25) is 0 Å². The number of allylic oxidation sites excluding steroid dienone is 5. The molecule has 1 aliphatic heterocycles. The van der Waals surface area contributed by atoms with E-state index < -0.39 is 0 Å². The van der Waals surface area contributed by atoms with Gasteiger partial charge in [-0.1, -0.05) is 153 Å². The average molecular weight is 739 g/mol. The summed E-state index contributed by atoms with van der Waals surface area (Å²) in [5.74, 6) is 0.757. The summed E-state index contributed by atoms with van der Waals surface area (Å²) in [6.45, 7) is 26.8. The molecule has 0 radical (unpaired) electrons. The predicted molar refractivity (Wildman–Crippen MR) is 240 cm³/mol. The fraction of sp³-hybridized carbons (Fsp3) is 0.490. The number of benzene rings is 2. The molecule has 0 amide bonds. The minimum Gasteiger partial charge on any atom is -0.369 e. The van der Waals surface area contributed by atoms with Crippen LogP contribution >= 0.6 is 0 Å². The third kappa shape index (κ3) is 12.5. The molecule has 4 nitrogen and oxygen atoms in total. The van der Waals surface area contributed by atoms with Crippen molar-refractivity contribution in [1.82, 2.24) is 14.9 Å². The first-order valence-corrected chi connectivity index (χ1v) is 21.4. The Morgan fingerprint density at radius 2 is 1.45 bits per heavy atom. The van der Waals surface area contributed by atoms with Gasteiger partial charge in [0, 0.05) is 49.2 Å². The lowest BCUT2D eigenvalue weighted by molar-refractivity contribution is 0.252. The maximum absolute atomic E-state index is 4.71. The van der Waals surface area contributed by atoms with Crippen molar-refractivity contribution in [3.8, 4) is 0 Å². The van der Waals surface area contributed by atoms with Gasteiger partial charge in [-0.15, -0.1) is 0 Å². The van der Waals surface area contributed by atoms with Gasteiger partial charge >= 0.3 is 0 Å². The first-order valence-electron chi connectivity index (χ1n) is 21.4. The smallest absolute Gasteiger partial charge is 0.154 e. The van der Waals surface area contributed by atoms with Crippen LogP contribution < -0.4 is 4.90 Å². The van der Waals surface area contributed by atoms with Crippen LogP contribution in [0.5, 0.6) is 0 Å². The van der Waals surface area contributed by atoms with Gasteiger partial charge in [0.15, 0.2) is 5.82 Å². The van der Waals surface area contributed by atoms with Gasteiger partial charge in [0.2, 0.25) is 0 Å². The molecular formula is C51H70N4. The summed E-state index contributed by atoms with van der Waals surface area (Å²) in [5, 5.41) is 0. The third-order valence-electron chi connectivity index (χ3n) is 12.3. The Kier molecular flexibility index (Phi) is 15.9. The Morgan fingerprint density at radius 3 is 2.07 bits per heavy atom. The van der Waals surface area contributed by atoms with Gasteiger partial charge in [0.25, 0.3) is 0 Å². The predicted octanol–water partition coefficient (Wildman–Crippen LogP) is 12.9. The van der Waals surface area contributed by atoms with Gasteiger partial charge in [0.1, 0.15) is 0 Å². The van der Waals surface area contributed by atoms with Crippen molar-refractivity contribution < 1.29 is 0 Å². The Hall–Kier alpha value is -4.02. The largest absolute Gasteiger partial charge is 0.369 e. The molecule has 0 bridgehead atoms. The number of piperazine rings is 1. The number of hydrogen-bond acceptors (Lipinski definition) is 4. The minimum atomic E-state index is -0.00816. The van der Waals surface area contributed by atoms with Gasteiger partial charge in [-0.25, -0.2) is 9.97 Å². The molecule has 55 heavy (non-hydrogen) atoms. The number of hydrogen-bond donors (Lipinski definition) is 0. The van der Waals surface area contributed by atoms with Gasteiger partial charge < -0.3 is 4.90 Å². The lowest BCUT2D eigenvalue weighted by atomic mass is 9.70. The second-order valence-corrected chi connectivity index (χ2v) is 17.2. The topological polar surface area (TPSA) is 32.3 Å². The van der Waals surface area contributed by atoms with E-state index in [9.17, 15) is 0 Å². The Labute approximate surface area is 335 Å². The van der Waals surface area contributed by atoms with E-state index in [-0.39, 0.29) is 10.8 Å². The van der Waals surface area contributed by atoms with E-state index in [2.05, 4.69) is 116 Å². The van der Waals surface area contributed by atoms with Crippen LogP contribution in [0, 0.1) is 5.41 Å². The highest BCUT2D eigenvalue weighted by atomic mass is 15.3. The minimum absolute atomic E-state index is 0.00816. The van der Waals surface area contributed by atoms with Crippen LogP contribution in [0.15, 0.2) is 98.3 Å². The van der Waals surface area contributed by atoms with Gasteiger partial charge in [-0.05, 0) is 109 Å². The third-order valence-corrected chi connectivity index (χ3v) is 12.3. The maximum Gasteiger partial charge on any atom is 0.154 e. The van der Waals surface area contributed by atoms with E-state index in [0.29, 0.717) is 0 Å². The number of unbranched alkanes of at least 4 members (excludes halogenated alkanes) is 9. The highest BCUT2D eigenvalue weighted by Gasteiger charge is 2.30. The number of anilines is 1. The molecule has 1 aliphatic carbocycles.